The average Bonchev–Trinajstić information content (AvgIpc) is 2.81. The van der Waals surface area contributed by atoms with Crippen LogP contribution in [0.5, 0.6) is 11.5 Å². The molecule has 0 saturated carbocycles. The first-order valence-electron chi connectivity index (χ1n) is 9.44. The van der Waals surface area contributed by atoms with Crippen LogP contribution in [0.1, 0.15) is 5.56 Å². The fourth-order valence-electron chi connectivity index (χ4n) is 2.62. The predicted octanol–water partition coefficient (Wildman–Crippen LogP) is 4.69. The lowest BCUT2D eigenvalue weighted by atomic mass is 10.2. The standard InChI is InChI=1S/C21H13Cl2N5O7/c22-13-4-6-16(23)17(9-13)25-20(29)21(30)26-24-11-12-2-1-3-15(8-12)35-19-7-5-14(27(31)32)10-18(19)28(33)34/h1-11H,(H,25,29)(H,26,30). The molecule has 35 heavy (non-hydrogen) atoms. The van der Waals surface area contributed by atoms with Crippen LogP contribution < -0.4 is 15.5 Å². The molecule has 0 heterocycles. The van der Waals surface area contributed by atoms with Crippen LogP contribution >= 0.6 is 23.2 Å². The molecule has 2 N–H and O–H groups in total. The van der Waals surface area contributed by atoms with Gasteiger partial charge in [-0.15, -0.1) is 0 Å². The first kappa shape index (κ1) is 25.1. The Bertz CT molecular complexity index is 1360. The first-order valence-corrected chi connectivity index (χ1v) is 10.2. The van der Waals surface area contributed by atoms with Crippen molar-refractivity contribution >= 4 is 58.3 Å². The first-order chi connectivity index (χ1) is 16.6. The van der Waals surface area contributed by atoms with Gasteiger partial charge in [0.1, 0.15) is 5.75 Å². The van der Waals surface area contributed by atoms with E-state index in [2.05, 4.69) is 10.4 Å². The van der Waals surface area contributed by atoms with Gasteiger partial charge in [0, 0.05) is 11.1 Å². The number of nitro groups is 2. The van der Waals surface area contributed by atoms with Gasteiger partial charge < -0.3 is 10.1 Å². The Labute approximate surface area is 206 Å². The summed E-state index contributed by atoms with van der Waals surface area (Å²) in [7, 11) is 0. The molecule has 3 aromatic rings. The van der Waals surface area contributed by atoms with Gasteiger partial charge in [-0.25, -0.2) is 5.43 Å². The van der Waals surface area contributed by atoms with E-state index in [0.717, 1.165) is 18.2 Å². The molecule has 0 aliphatic carbocycles. The van der Waals surface area contributed by atoms with E-state index < -0.39 is 33.0 Å². The number of benzene rings is 3. The van der Waals surface area contributed by atoms with Crippen LogP contribution in [0.25, 0.3) is 0 Å². The minimum atomic E-state index is -1.08. The van der Waals surface area contributed by atoms with Crippen molar-refractivity contribution in [2.45, 2.75) is 0 Å². The summed E-state index contributed by atoms with van der Waals surface area (Å²) in [6.45, 7) is 0. The molecule has 0 bridgehead atoms. The van der Waals surface area contributed by atoms with Crippen molar-refractivity contribution in [1.82, 2.24) is 5.43 Å². The second-order valence-electron chi connectivity index (χ2n) is 6.62. The van der Waals surface area contributed by atoms with E-state index in [4.69, 9.17) is 27.9 Å². The van der Waals surface area contributed by atoms with Crippen LogP contribution in [0.2, 0.25) is 10.0 Å². The Hall–Kier alpha value is -4.55. The van der Waals surface area contributed by atoms with Gasteiger partial charge in [-0.3, -0.25) is 29.8 Å². The Morgan fingerprint density at radius 3 is 2.43 bits per heavy atom. The summed E-state index contributed by atoms with van der Waals surface area (Å²) in [6.07, 6.45) is 1.20. The molecule has 0 aliphatic heterocycles. The zero-order valence-corrected chi connectivity index (χ0v) is 18.8. The van der Waals surface area contributed by atoms with Crippen molar-refractivity contribution in [3.63, 3.8) is 0 Å². The van der Waals surface area contributed by atoms with Crippen molar-refractivity contribution in [1.29, 1.82) is 0 Å². The van der Waals surface area contributed by atoms with Gasteiger partial charge in [-0.2, -0.15) is 5.10 Å². The maximum absolute atomic E-state index is 12.0. The van der Waals surface area contributed by atoms with Gasteiger partial charge in [-0.05, 0) is 42.0 Å². The number of hydrogen-bond donors (Lipinski definition) is 2. The molecule has 0 spiro atoms. The fourth-order valence-corrected chi connectivity index (χ4v) is 2.96. The Morgan fingerprint density at radius 1 is 0.943 bits per heavy atom. The molecule has 14 heteroatoms. The van der Waals surface area contributed by atoms with Crippen LogP contribution in [0.3, 0.4) is 0 Å². The number of rotatable bonds is 7. The zero-order chi connectivity index (χ0) is 25.5. The predicted molar refractivity (Wildman–Crippen MR) is 127 cm³/mol. The quantitative estimate of drug-likeness (QED) is 0.198. The lowest BCUT2D eigenvalue weighted by Gasteiger charge is -2.07. The van der Waals surface area contributed by atoms with Crippen molar-refractivity contribution in [2.24, 2.45) is 5.10 Å². The molecule has 0 radical (unpaired) electrons. The molecule has 0 aromatic heterocycles. The largest absolute Gasteiger partial charge is 0.450 e. The number of nitrogens with one attached hydrogen (secondary N) is 2. The van der Waals surface area contributed by atoms with Crippen molar-refractivity contribution in [3.05, 3.63) is 96.5 Å². The summed E-state index contributed by atoms with van der Waals surface area (Å²) < 4.78 is 5.50. The number of hydrazone groups is 1. The third-order valence-electron chi connectivity index (χ3n) is 4.20. The van der Waals surface area contributed by atoms with Crippen LogP contribution in [-0.4, -0.2) is 27.9 Å². The molecule has 0 aliphatic rings. The third kappa shape index (κ3) is 6.72. The number of carbonyl (C=O) groups excluding carboxylic acids is 2. The molecule has 0 fully saturated rings. The lowest BCUT2D eigenvalue weighted by molar-refractivity contribution is -0.394. The van der Waals surface area contributed by atoms with Crippen molar-refractivity contribution in [2.75, 3.05) is 5.32 Å². The Balaban J connectivity index is 1.66. The average molecular weight is 518 g/mol. The summed E-state index contributed by atoms with van der Waals surface area (Å²) in [5.41, 5.74) is 1.56. The van der Waals surface area contributed by atoms with Crippen LogP contribution in [0.4, 0.5) is 17.1 Å². The normalized spacial score (nSPS) is 10.6. The number of nitrogens with zero attached hydrogens (tertiary/aromatic N) is 3. The number of anilines is 1. The second-order valence-corrected chi connectivity index (χ2v) is 7.46. The fraction of sp³-hybridized carbons (Fsp3) is 0. The van der Waals surface area contributed by atoms with E-state index in [0.29, 0.717) is 10.6 Å². The van der Waals surface area contributed by atoms with Gasteiger partial charge >= 0.3 is 17.5 Å². The topological polar surface area (TPSA) is 166 Å². The zero-order valence-electron chi connectivity index (χ0n) is 17.3. The third-order valence-corrected chi connectivity index (χ3v) is 4.76. The number of halogens is 2. The minimum Gasteiger partial charge on any atom is -0.450 e. The molecule has 178 valence electrons. The molecule has 0 unspecified atom stereocenters. The number of non-ortho nitro benzene ring substituents is 1. The summed E-state index contributed by atoms with van der Waals surface area (Å²) in [4.78, 5) is 44.5. The lowest BCUT2D eigenvalue weighted by Crippen LogP contribution is -2.32. The second kappa shape index (κ2) is 11.0. The number of carbonyl (C=O) groups is 2. The number of ether oxygens (including phenoxy) is 1. The van der Waals surface area contributed by atoms with Gasteiger partial charge in [0.2, 0.25) is 5.75 Å². The van der Waals surface area contributed by atoms with Crippen molar-refractivity contribution in [3.8, 4) is 11.5 Å². The highest BCUT2D eigenvalue weighted by molar-refractivity contribution is 6.42. The molecule has 0 saturated heterocycles. The van der Waals surface area contributed by atoms with Gasteiger partial charge in [0.25, 0.3) is 5.69 Å². The SMILES string of the molecule is O=C(NN=Cc1cccc(Oc2ccc([N+](=O)[O-])cc2[N+](=O)[O-])c1)C(=O)Nc1cc(Cl)ccc1Cl. The smallest absolute Gasteiger partial charge is 0.329 e. The summed E-state index contributed by atoms with van der Waals surface area (Å²) in [5, 5.41) is 28.6. The monoisotopic (exact) mass is 517 g/mol. The summed E-state index contributed by atoms with van der Waals surface area (Å²) >= 11 is 11.8. The highest BCUT2D eigenvalue weighted by atomic mass is 35.5. The van der Waals surface area contributed by atoms with Crippen molar-refractivity contribution < 1.29 is 24.2 Å². The van der Waals surface area contributed by atoms with E-state index >= 15 is 0 Å². The maximum atomic E-state index is 12.0. The number of amides is 2. The van der Waals surface area contributed by atoms with Gasteiger partial charge in [0.05, 0.1) is 32.8 Å². The van der Waals surface area contributed by atoms with E-state index in [-0.39, 0.29) is 22.2 Å². The van der Waals surface area contributed by atoms with Crippen LogP contribution in [0, 0.1) is 20.2 Å². The summed E-state index contributed by atoms with van der Waals surface area (Å²) in [5.74, 6) is -2.16. The number of nitro benzene ring substituents is 2. The molecule has 3 aromatic carbocycles. The van der Waals surface area contributed by atoms with Gasteiger partial charge in [0.15, 0.2) is 0 Å². The molecule has 2 amide bonds. The molecule has 3 rings (SSSR count). The summed E-state index contributed by atoms with van der Waals surface area (Å²) in [6, 6.07) is 13.4. The minimum absolute atomic E-state index is 0.147. The van der Waals surface area contributed by atoms with Crippen LogP contribution in [0.15, 0.2) is 65.8 Å². The van der Waals surface area contributed by atoms with Crippen LogP contribution in [-0.2, 0) is 9.59 Å². The highest BCUT2D eigenvalue weighted by Crippen LogP contribution is 2.34. The molecular formula is C21H13Cl2N5O7. The Kier molecular flexibility index (Phi) is 7.92. The van der Waals surface area contributed by atoms with E-state index in [1.807, 2.05) is 5.43 Å². The molecule has 0 atom stereocenters. The van der Waals surface area contributed by atoms with E-state index in [1.54, 1.807) is 12.1 Å². The Morgan fingerprint density at radius 2 is 1.71 bits per heavy atom. The van der Waals surface area contributed by atoms with E-state index in [1.165, 1.54) is 36.5 Å². The van der Waals surface area contributed by atoms with E-state index in [9.17, 15) is 29.8 Å². The maximum Gasteiger partial charge on any atom is 0.329 e. The molecule has 12 nitrogen and oxygen atoms in total. The number of hydrogen-bond acceptors (Lipinski definition) is 8. The highest BCUT2D eigenvalue weighted by Gasteiger charge is 2.21. The molecular weight excluding hydrogens is 505 g/mol. The van der Waals surface area contributed by atoms with Gasteiger partial charge in [-0.1, -0.05) is 35.3 Å².